The fraction of sp³-hybridized carbons (Fsp3) is 0.152. The maximum atomic E-state index is 12.9. The molecule has 2 amide bonds. The maximum absolute atomic E-state index is 12.9. The summed E-state index contributed by atoms with van der Waals surface area (Å²) in [4.78, 5) is 29.6. The van der Waals surface area contributed by atoms with E-state index in [9.17, 15) is 9.59 Å². The van der Waals surface area contributed by atoms with Crippen molar-refractivity contribution in [2.75, 3.05) is 36.4 Å². The van der Waals surface area contributed by atoms with Gasteiger partial charge in [0.05, 0.1) is 0 Å². The van der Waals surface area contributed by atoms with E-state index < -0.39 is 0 Å². The molecule has 0 saturated carbocycles. The van der Waals surface area contributed by atoms with E-state index in [1.807, 2.05) is 108 Å². The highest BCUT2D eigenvalue weighted by atomic mass is 16.5. The van der Waals surface area contributed by atoms with Gasteiger partial charge in [0.15, 0.2) is 0 Å². The number of anilines is 2. The Bertz CT molecular complexity index is 1410. The van der Waals surface area contributed by atoms with Crippen LogP contribution in [0.5, 0.6) is 5.75 Å². The Labute approximate surface area is 229 Å². The monoisotopic (exact) mass is 517 g/mol. The molecule has 1 heterocycles. The molecule has 4 aromatic rings. The van der Waals surface area contributed by atoms with Crippen LogP contribution in [0.1, 0.15) is 21.5 Å². The van der Waals surface area contributed by atoms with E-state index in [2.05, 4.69) is 10.2 Å². The SMILES string of the molecule is O=C(Nc1ccc(N2CCN(C(=O)/C=C/c3ccccc3)CC2)cc1)c1cccc(OCc2ccccc2)c1. The molecule has 0 radical (unpaired) electrons. The molecular formula is C33H31N3O3. The molecule has 6 nitrogen and oxygen atoms in total. The van der Waals surface area contributed by atoms with E-state index in [1.54, 1.807) is 18.2 Å². The number of amides is 2. The van der Waals surface area contributed by atoms with Gasteiger partial charge in [0.25, 0.3) is 5.91 Å². The normalized spacial score (nSPS) is 13.3. The first-order valence-electron chi connectivity index (χ1n) is 13.1. The molecule has 1 N–H and O–H groups in total. The molecule has 1 fully saturated rings. The molecule has 0 spiro atoms. The highest BCUT2D eigenvalue weighted by Crippen LogP contribution is 2.21. The van der Waals surface area contributed by atoms with Crippen LogP contribution in [0.15, 0.2) is 115 Å². The minimum Gasteiger partial charge on any atom is -0.489 e. The predicted molar refractivity (Wildman–Crippen MR) is 156 cm³/mol. The fourth-order valence-corrected chi connectivity index (χ4v) is 4.45. The van der Waals surface area contributed by atoms with Gasteiger partial charge in [-0.2, -0.15) is 0 Å². The molecule has 5 rings (SSSR count). The Balaban J connectivity index is 1.11. The topological polar surface area (TPSA) is 61.9 Å². The number of nitrogens with zero attached hydrogens (tertiary/aromatic N) is 2. The summed E-state index contributed by atoms with van der Waals surface area (Å²) in [6, 6.07) is 34.8. The predicted octanol–water partition coefficient (Wildman–Crippen LogP) is 5.88. The lowest BCUT2D eigenvalue weighted by molar-refractivity contribution is -0.126. The molecule has 39 heavy (non-hydrogen) atoms. The van der Waals surface area contributed by atoms with Gasteiger partial charge >= 0.3 is 0 Å². The Morgan fingerprint density at radius 1 is 0.769 bits per heavy atom. The Morgan fingerprint density at radius 2 is 1.46 bits per heavy atom. The van der Waals surface area contributed by atoms with Crippen LogP contribution in [-0.2, 0) is 11.4 Å². The second-order valence-electron chi connectivity index (χ2n) is 9.36. The van der Waals surface area contributed by atoms with Gasteiger partial charge in [-0.3, -0.25) is 9.59 Å². The van der Waals surface area contributed by atoms with E-state index in [-0.39, 0.29) is 11.8 Å². The third kappa shape index (κ3) is 7.14. The molecule has 1 aliphatic rings. The lowest BCUT2D eigenvalue weighted by Gasteiger charge is -2.35. The number of hydrogen-bond acceptors (Lipinski definition) is 4. The first-order valence-corrected chi connectivity index (χ1v) is 13.1. The molecular weight excluding hydrogens is 486 g/mol. The average molecular weight is 518 g/mol. The second kappa shape index (κ2) is 12.6. The lowest BCUT2D eigenvalue weighted by atomic mass is 10.2. The molecule has 0 bridgehead atoms. The van der Waals surface area contributed by atoms with Crippen molar-refractivity contribution in [3.8, 4) is 5.75 Å². The van der Waals surface area contributed by atoms with Gasteiger partial charge in [-0.15, -0.1) is 0 Å². The van der Waals surface area contributed by atoms with Gasteiger partial charge in [0.1, 0.15) is 12.4 Å². The van der Waals surface area contributed by atoms with Crippen molar-refractivity contribution in [3.05, 3.63) is 132 Å². The Morgan fingerprint density at radius 3 is 2.18 bits per heavy atom. The van der Waals surface area contributed by atoms with Crippen LogP contribution in [0, 0.1) is 0 Å². The number of carbonyl (C=O) groups is 2. The molecule has 4 aromatic carbocycles. The van der Waals surface area contributed by atoms with Gasteiger partial charge in [0.2, 0.25) is 5.91 Å². The summed E-state index contributed by atoms with van der Waals surface area (Å²) in [5, 5.41) is 2.97. The number of hydrogen-bond donors (Lipinski definition) is 1. The van der Waals surface area contributed by atoms with Gasteiger partial charge in [-0.05, 0) is 59.7 Å². The smallest absolute Gasteiger partial charge is 0.255 e. The van der Waals surface area contributed by atoms with Crippen molar-refractivity contribution >= 4 is 29.3 Å². The summed E-state index contributed by atoms with van der Waals surface area (Å²) in [5.41, 5.74) is 4.41. The molecule has 196 valence electrons. The van der Waals surface area contributed by atoms with Crippen LogP contribution in [0.4, 0.5) is 11.4 Å². The van der Waals surface area contributed by atoms with Crippen molar-refractivity contribution in [2.24, 2.45) is 0 Å². The number of carbonyl (C=O) groups excluding carboxylic acids is 2. The number of rotatable bonds is 8. The zero-order valence-electron chi connectivity index (χ0n) is 21.7. The van der Waals surface area contributed by atoms with E-state index in [4.69, 9.17) is 4.74 Å². The molecule has 6 heteroatoms. The molecule has 0 aliphatic carbocycles. The Kier molecular flexibility index (Phi) is 8.34. The largest absolute Gasteiger partial charge is 0.489 e. The zero-order chi connectivity index (χ0) is 26.9. The number of benzene rings is 4. The van der Waals surface area contributed by atoms with E-state index in [0.29, 0.717) is 31.0 Å². The number of ether oxygens (including phenoxy) is 1. The highest BCUT2D eigenvalue weighted by molar-refractivity contribution is 6.04. The molecule has 0 unspecified atom stereocenters. The van der Waals surface area contributed by atoms with E-state index >= 15 is 0 Å². The minimum atomic E-state index is -0.191. The Hall–Kier alpha value is -4.84. The number of nitrogens with one attached hydrogen (secondary N) is 1. The van der Waals surface area contributed by atoms with Crippen LogP contribution < -0.4 is 15.0 Å². The second-order valence-corrected chi connectivity index (χ2v) is 9.36. The van der Waals surface area contributed by atoms with Gasteiger partial charge in [-0.25, -0.2) is 0 Å². The van der Waals surface area contributed by atoms with Crippen molar-refractivity contribution in [2.45, 2.75) is 6.61 Å². The minimum absolute atomic E-state index is 0.0334. The third-order valence-corrected chi connectivity index (χ3v) is 6.64. The standard InChI is InChI=1S/C33H31N3O3/c37-32(19-14-26-8-3-1-4-9-26)36-22-20-35(21-23-36)30-17-15-29(16-18-30)34-33(38)28-12-7-13-31(24-28)39-25-27-10-5-2-6-11-27/h1-19,24H,20-23,25H2,(H,34,38)/b19-14+. The van der Waals surface area contributed by atoms with Crippen molar-refractivity contribution in [1.29, 1.82) is 0 Å². The molecule has 1 aliphatic heterocycles. The highest BCUT2D eigenvalue weighted by Gasteiger charge is 2.20. The van der Waals surface area contributed by atoms with Gasteiger partial charge in [0, 0.05) is 49.2 Å². The summed E-state index contributed by atoms with van der Waals surface area (Å²) < 4.78 is 5.86. The van der Waals surface area contributed by atoms with Crippen LogP contribution in [-0.4, -0.2) is 42.9 Å². The van der Waals surface area contributed by atoms with Crippen molar-refractivity contribution < 1.29 is 14.3 Å². The van der Waals surface area contributed by atoms with Crippen LogP contribution in [0.25, 0.3) is 6.08 Å². The quantitative estimate of drug-likeness (QED) is 0.297. The van der Waals surface area contributed by atoms with Gasteiger partial charge in [-0.1, -0.05) is 66.7 Å². The summed E-state index contributed by atoms with van der Waals surface area (Å²) in [5.74, 6) is 0.490. The molecule has 1 saturated heterocycles. The summed E-state index contributed by atoms with van der Waals surface area (Å²) in [6.45, 7) is 3.29. The van der Waals surface area contributed by atoms with E-state index in [1.165, 1.54) is 0 Å². The van der Waals surface area contributed by atoms with Crippen LogP contribution >= 0.6 is 0 Å². The summed E-state index contributed by atoms with van der Waals surface area (Å²) in [7, 11) is 0. The lowest BCUT2D eigenvalue weighted by Crippen LogP contribution is -2.48. The third-order valence-electron chi connectivity index (χ3n) is 6.64. The first-order chi connectivity index (χ1) is 19.1. The van der Waals surface area contributed by atoms with Crippen LogP contribution in [0.2, 0.25) is 0 Å². The first kappa shape index (κ1) is 25.8. The molecule has 0 atom stereocenters. The number of piperazine rings is 1. The van der Waals surface area contributed by atoms with Crippen LogP contribution in [0.3, 0.4) is 0 Å². The molecule has 0 aromatic heterocycles. The maximum Gasteiger partial charge on any atom is 0.255 e. The summed E-state index contributed by atoms with van der Waals surface area (Å²) in [6.07, 6.45) is 3.50. The zero-order valence-corrected chi connectivity index (χ0v) is 21.7. The van der Waals surface area contributed by atoms with Crippen molar-refractivity contribution in [1.82, 2.24) is 4.90 Å². The summed E-state index contributed by atoms with van der Waals surface area (Å²) >= 11 is 0. The fourth-order valence-electron chi connectivity index (χ4n) is 4.45. The average Bonchev–Trinajstić information content (AvgIpc) is 3.00. The van der Waals surface area contributed by atoms with Gasteiger partial charge < -0.3 is 19.9 Å². The van der Waals surface area contributed by atoms with Crippen molar-refractivity contribution in [3.63, 3.8) is 0 Å². The van der Waals surface area contributed by atoms with E-state index in [0.717, 1.165) is 35.6 Å².